The highest BCUT2D eigenvalue weighted by atomic mass is 16.4. The average molecular weight is 255 g/mol. The maximum Gasteiger partial charge on any atom is 0.305 e. The molecule has 3 nitrogen and oxygen atoms in total. The molecule has 0 aromatic heterocycles. The zero-order valence-electron chi connectivity index (χ0n) is 10.8. The van der Waals surface area contributed by atoms with Crippen LogP contribution >= 0.6 is 0 Å². The topological polar surface area (TPSA) is 63.3 Å². The van der Waals surface area contributed by atoms with Crippen LogP contribution in [0.25, 0.3) is 11.1 Å². The summed E-state index contributed by atoms with van der Waals surface area (Å²) in [4.78, 5) is 10.6. The minimum atomic E-state index is -0.879. The van der Waals surface area contributed by atoms with Crippen LogP contribution in [0.1, 0.15) is 23.6 Å². The van der Waals surface area contributed by atoms with E-state index in [1.54, 1.807) is 0 Å². The number of carboxylic acid groups (broad SMARTS) is 1. The van der Waals surface area contributed by atoms with Gasteiger partial charge in [-0.2, -0.15) is 0 Å². The van der Waals surface area contributed by atoms with Crippen molar-refractivity contribution in [3.05, 3.63) is 59.7 Å². The van der Waals surface area contributed by atoms with Crippen LogP contribution in [-0.2, 0) is 4.79 Å². The Labute approximate surface area is 112 Å². The molecule has 0 aliphatic rings. The van der Waals surface area contributed by atoms with E-state index in [-0.39, 0.29) is 6.42 Å². The highest BCUT2D eigenvalue weighted by Crippen LogP contribution is 2.25. The van der Waals surface area contributed by atoms with Gasteiger partial charge in [-0.1, -0.05) is 48.5 Å². The fourth-order valence-electron chi connectivity index (χ4n) is 2.11. The van der Waals surface area contributed by atoms with Crippen LogP contribution < -0.4 is 5.73 Å². The van der Waals surface area contributed by atoms with E-state index < -0.39 is 12.0 Å². The van der Waals surface area contributed by atoms with Gasteiger partial charge in [-0.25, -0.2) is 0 Å². The molecule has 1 unspecified atom stereocenters. The van der Waals surface area contributed by atoms with Crippen molar-refractivity contribution in [3.8, 4) is 11.1 Å². The third-order valence-electron chi connectivity index (χ3n) is 3.19. The molecular formula is C16H17NO2. The summed E-state index contributed by atoms with van der Waals surface area (Å²) in [5, 5.41) is 8.73. The maximum absolute atomic E-state index is 10.6. The fourth-order valence-corrected chi connectivity index (χ4v) is 2.11. The van der Waals surface area contributed by atoms with Gasteiger partial charge in [-0.05, 0) is 29.2 Å². The lowest BCUT2D eigenvalue weighted by atomic mass is 9.97. The molecule has 0 spiro atoms. The van der Waals surface area contributed by atoms with E-state index >= 15 is 0 Å². The van der Waals surface area contributed by atoms with Gasteiger partial charge in [0.05, 0.1) is 6.42 Å². The SMILES string of the molecule is Cc1ccccc1-c1ccc(C(N)CC(=O)O)cc1. The first kappa shape index (κ1) is 13.3. The quantitative estimate of drug-likeness (QED) is 0.882. The number of hydrogen-bond donors (Lipinski definition) is 2. The number of nitrogens with two attached hydrogens (primary N) is 1. The lowest BCUT2D eigenvalue weighted by Gasteiger charge is -2.11. The first-order valence-electron chi connectivity index (χ1n) is 6.21. The molecule has 2 aromatic rings. The van der Waals surface area contributed by atoms with E-state index in [1.807, 2.05) is 36.4 Å². The molecule has 0 radical (unpaired) electrons. The van der Waals surface area contributed by atoms with Gasteiger partial charge in [0.25, 0.3) is 0 Å². The van der Waals surface area contributed by atoms with Crippen molar-refractivity contribution in [1.82, 2.24) is 0 Å². The van der Waals surface area contributed by atoms with Crippen LogP contribution in [0.2, 0.25) is 0 Å². The molecule has 3 heteroatoms. The second kappa shape index (κ2) is 5.67. The van der Waals surface area contributed by atoms with Crippen molar-refractivity contribution in [2.75, 3.05) is 0 Å². The van der Waals surface area contributed by atoms with Gasteiger partial charge < -0.3 is 10.8 Å². The van der Waals surface area contributed by atoms with Crippen molar-refractivity contribution in [2.24, 2.45) is 5.73 Å². The maximum atomic E-state index is 10.6. The minimum Gasteiger partial charge on any atom is -0.481 e. The zero-order valence-corrected chi connectivity index (χ0v) is 10.8. The van der Waals surface area contributed by atoms with Crippen molar-refractivity contribution < 1.29 is 9.90 Å². The fraction of sp³-hybridized carbons (Fsp3) is 0.188. The average Bonchev–Trinajstić information content (AvgIpc) is 2.39. The lowest BCUT2D eigenvalue weighted by molar-refractivity contribution is -0.137. The summed E-state index contributed by atoms with van der Waals surface area (Å²) >= 11 is 0. The summed E-state index contributed by atoms with van der Waals surface area (Å²) in [5.41, 5.74) is 10.2. The van der Waals surface area contributed by atoms with Gasteiger partial charge in [0.15, 0.2) is 0 Å². The highest BCUT2D eigenvalue weighted by Gasteiger charge is 2.10. The van der Waals surface area contributed by atoms with Crippen LogP contribution in [0.3, 0.4) is 0 Å². The van der Waals surface area contributed by atoms with Crippen LogP contribution in [0.4, 0.5) is 0 Å². The minimum absolute atomic E-state index is 0.0519. The Morgan fingerprint density at radius 1 is 1.16 bits per heavy atom. The molecule has 0 saturated heterocycles. The highest BCUT2D eigenvalue weighted by molar-refractivity contribution is 5.69. The van der Waals surface area contributed by atoms with E-state index in [1.165, 1.54) is 11.1 Å². The molecule has 0 aliphatic heterocycles. The van der Waals surface area contributed by atoms with Gasteiger partial charge in [0, 0.05) is 6.04 Å². The van der Waals surface area contributed by atoms with Crippen LogP contribution in [0.5, 0.6) is 0 Å². The molecule has 0 fully saturated rings. The molecule has 0 saturated carbocycles. The molecular weight excluding hydrogens is 238 g/mol. The van der Waals surface area contributed by atoms with Gasteiger partial charge in [0.2, 0.25) is 0 Å². The number of carbonyl (C=O) groups is 1. The lowest BCUT2D eigenvalue weighted by Crippen LogP contribution is -2.14. The molecule has 0 amide bonds. The number of hydrogen-bond acceptors (Lipinski definition) is 2. The van der Waals surface area contributed by atoms with Crippen LogP contribution in [-0.4, -0.2) is 11.1 Å². The van der Waals surface area contributed by atoms with Crippen LogP contribution in [0, 0.1) is 6.92 Å². The van der Waals surface area contributed by atoms with Crippen molar-refractivity contribution in [3.63, 3.8) is 0 Å². The Morgan fingerprint density at radius 2 is 1.79 bits per heavy atom. The summed E-state index contributed by atoms with van der Waals surface area (Å²) in [5.74, 6) is -0.879. The summed E-state index contributed by atoms with van der Waals surface area (Å²) in [6.45, 7) is 2.07. The predicted octanol–water partition coefficient (Wildman–Crippen LogP) is 3.14. The summed E-state index contributed by atoms with van der Waals surface area (Å²) in [6, 6.07) is 15.5. The molecule has 0 heterocycles. The molecule has 98 valence electrons. The van der Waals surface area contributed by atoms with Crippen LogP contribution in [0.15, 0.2) is 48.5 Å². The number of carboxylic acids is 1. The molecule has 2 aromatic carbocycles. The third-order valence-corrected chi connectivity index (χ3v) is 3.19. The predicted molar refractivity (Wildman–Crippen MR) is 75.8 cm³/mol. The number of benzene rings is 2. The molecule has 2 rings (SSSR count). The Hall–Kier alpha value is -2.13. The normalized spacial score (nSPS) is 12.1. The van der Waals surface area contributed by atoms with E-state index in [0.717, 1.165) is 11.1 Å². The summed E-state index contributed by atoms with van der Waals surface area (Å²) < 4.78 is 0. The van der Waals surface area contributed by atoms with Gasteiger partial charge >= 0.3 is 5.97 Å². The Bertz CT molecular complexity index is 576. The smallest absolute Gasteiger partial charge is 0.305 e. The van der Waals surface area contributed by atoms with Gasteiger partial charge in [-0.3, -0.25) is 4.79 Å². The largest absolute Gasteiger partial charge is 0.481 e. The van der Waals surface area contributed by atoms with Crippen molar-refractivity contribution in [2.45, 2.75) is 19.4 Å². The van der Waals surface area contributed by atoms with E-state index in [2.05, 4.69) is 19.1 Å². The Balaban J connectivity index is 2.24. The third kappa shape index (κ3) is 3.20. The molecule has 1 atom stereocenters. The Kier molecular flexibility index (Phi) is 3.97. The van der Waals surface area contributed by atoms with E-state index in [9.17, 15) is 4.79 Å². The molecule has 0 bridgehead atoms. The first-order valence-corrected chi connectivity index (χ1v) is 6.21. The van der Waals surface area contributed by atoms with Gasteiger partial charge in [0.1, 0.15) is 0 Å². The molecule has 3 N–H and O–H groups in total. The second-order valence-electron chi connectivity index (χ2n) is 4.64. The number of aliphatic carboxylic acids is 1. The van der Waals surface area contributed by atoms with Crippen molar-refractivity contribution >= 4 is 5.97 Å². The first-order chi connectivity index (χ1) is 9.08. The van der Waals surface area contributed by atoms with E-state index in [4.69, 9.17) is 10.8 Å². The number of aryl methyl sites for hydroxylation is 1. The van der Waals surface area contributed by atoms with Crippen molar-refractivity contribution in [1.29, 1.82) is 0 Å². The molecule has 19 heavy (non-hydrogen) atoms. The molecule has 0 aliphatic carbocycles. The van der Waals surface area contributed by atoms with E-state index in [0.29, 0.717) is 0 Å². The summed E-state index contributed by atoms with van der Waals surface area (Å²) in [7, 11) is 0. The Morgan fingerprint density at radius 3 is 2.37 bits per heavy atom. The van der Waals surface area contributed by atoms with Gasteiger partial charge in [-0.15, -0.1) is 0 Å². The standard InChI is InChI=1S/C16H17NO2/c1-11-4-2-3-5-14(11)12-6-8-13(9-7-12)15(17)10-16(18)19/h2-9,15H,10,17H2,1H3,(H,18,19). The second-order valence-corrected chi connectivity index (χ2v) is 4.64. The monoisotopic (exact) mass is 255 g/mol. The summed E-state index contributed by atoms with van der Waals surface area (Å²) in [6.07, 6.45) is -0.0519. The zero-order chi connectivity index (χ0) is 13.8. The number of rotatable bonds is 4.